The molecule has 14 heavy (non-hydrogen) atoms. The number of hydrogen-bond acceptors (Lipinski definition) is 2. The highest BCUT2D eigenvalue weighted by Gasteiger charge is 2.48. The minimum atomic E-state index is -2.56. The highest BCUT2D eigenvalue weighted by atomic mass is 31.2. The smallest absolute Gasteiger partial charge is 0.225 e. The van der Waals surface area contributed by atoms with Gasteiger partial charge in [-0.3, -0.25) is 4.57 Å². The molecule has 0 N–H and O–H groups in total. The minimum absolute atomic E-state index is 0.0546. The average molecular weight is 216 g/mol. The summed E-state index contributed by atoms with van der Waals surface area (Å²) < 4.78 is 18.0. The van der Waals surface area contributed by atoms with Gasteiger partial charge >= 0.3 is 0 Å². The fourth-order valence-electron chi connectivity index (χ4n) is 1.83. The van der Waals surface area contributed by atoms with Crippen LogP contribution in [0.25, 0.3) is 0 Å². The highest BCUT2D eigenvalue weighted by Crippen LogP contribution is 2.64. The summed E-state index contributed by atoms with van der Waals surface area (Å²) >= 11 is 0. The third-order valence-corrected chi connectivity index (χ3v) is 6.36. The first-order chi connectivity index (χ1) is 6.02. The first-order valence-corrected chi connectivity index (χ1v) is 7.06. The zero-order valence-corrected chi connectivity index (χ0v) is 11.2. The van der Waals surface area contributed by atoms with Crippen LogP contribution in [0.1, 0.15) is 41.5 Å². The second kappa shape index (κ2) is 2.96. The standard InChI is InChI=1S/C11H21O2P/c1-8-9(2)14(7,12)13-11(5,6)10(8,3)4/h1-7H3. The van der Waals surface area contributed by atoms with Crippen molar-refractivity contribution in [3.63, 3.8) is 0 Å². The Morgan fingerprint density at radius 3 is 2.00 bits per heavy atom. The Hall–Kier alpha value is -0.0700. The maximum absolute atomic E-state index is 12.2. The van der Waals surface area contributed by atoms with Crippen molar-refractivity contribution < 1.29 is 9.09 Å². The third-order valence-electron chi connectivity index (χ3n) is 4.00. The molecule has 82 valence electrons. The van der Waals surface area contributed by atoms with Crippen LogP contribution in [0, 0.1) is 5.41 Å². The molecule has 0 amide bonds. The normalized spacial score (nSPS) is 35.9. The molecule has 3 heteroatoms. The quantitative estimate of drug-likeness (QED) is 0.571. The van der Waals surface area contributed by atoms with Crippen LogP contribution >= 0.6 is 7.37 Å². The lowest BCUT2D eigenvalue weighted by Gasteiger charge is -2.48. The molecule has 0 aromatic rings. The molecule has 0 fully saturated rings. The van der Waals surface area contributed by atoms with Crippen molar-refractivity contribution in [3.8, 4) is 0 Å². The molecule has 1 rings (SSSR count). The highest BCUT2D eigenvalue weighted by molar-refractivity contribution is 7.62. The van der Waals surface area contributed by atoms with Gasteiger partial charge in [-0.05, 0) is 27.7 Å². The molecular weight excluding hydrogens is 195 g/mol. The lowest BCUT2D eigenvalue weighted by Crippen LogP contribution is -2.44. The van der Waals surface area contributed by atoms with Gasteiger partial charge < -0.3 is 4.52 Å². The third kappa shape index (κ3) is 1.49. The van der Waals surface area contributed by atoms with Crippen LogP contribution in [0.15, 0.2) is 10.9 Å². The Balaban J connectivity index is 3.42. The summed E-state index contributed by atoms with van der Waals surface area (Å²) in [6.45, 7) is 14.0. The van der Waals surface area contributed by atoms with Gasteiger partial charge in [0.1, 0.15) is 0 Å². The number of rotatable bonds is 0. The molecule has 0 bridgehead atoms. The lowest BCUT2D eigenvalue weighted by atomic mass is 9.72. The molecule has 1 aliphatic heterocycles. The number of allylic oxidation sites excluding steroid dienone is 1. The largest absolute Gasteiger partial charge is 0.319 e. The molecule has 1 aliphatic rings. The van der Waals surface area contributed by atoms with E-state index in [2.05, 4.69) is 20.8 Å². The maximum atomic E-state index is 12.2. The Bertz CT molecular complexity index is 337. The Morgan fingerprint density at radius 2 is 1.57 bits per heavy atom. The van der Waals surface area contributed by atoms with Crippen molar-refractivity contribution in [3.05, 3.63) is 10.9 Å². The summed E-state index contributed by atoms with van der Waals surface area (Å²) in [6, 6.07) is 0. The zero-order valence-electron chi connectivity index (χ0n) is 10.3. The predicted molar refractivity (Wildman–Crippen MR) is 60.8 cm³/mol. The van der Waals surface area contributed by atoms with Crippen LogP contribution in [0.3, 0.4) is 0 Å². The maximum Gasteiger partial charge on any atom is 0.225 e. The van der Waals surface area contributed by atoms with Crippen LogP contribution in [0.5, 0.6) is 0 Å². The van der Waals surface area contributed by atoms with Crippen molar-refractivity contribution in [1.29, 1.82) is 0 Å². The van der Waals surface area contributed by atoms with Gasteiger partial charge in [0.2, 0.25) is 7.37 Å². The first kappa shape index (κ1) is 12.0. The van der Waals surface area contributed by atoms with Crippen molar-refractivity contribution >= 4 is 7.37 Å². The molecule has 0 radical (unpaired) electrons. The topological polar surface area (TPSA) is 26.3 Å². The molecular formula is C11H21O2P. The van der Waals surface area contributed by atoms with Gasteiger partial charge in [0.15, 0.2) is 0 Å². The molecule has 0 aromatic heterocycles. The van der Waals surface area contributed by atoms with Crippen LogP contribution in [-0.2, 0) is 9.09 Å². The Kier molecular flexibility index (Phi) is 2.54. The molecule has 1 unspecified atom stereocenters. The minimum Gasteiger partial charge on any atom is -0.319 e. The summed E-state index contributed by atoms with van der Waals surface area (Å²) in [5.41, 5.74) is 0.793. The van der Waals surface area contributed by atoms with Crippen molar-refractivity contribution in [1.82, 2.24) is 0 Å². The number of hydrogen-bond donors (Lipinski definition) is 0. The average Bonchev–Trinajstić information content (AvgIpc) is 1.97. The van der Waals surface area contributed by atoms with E-state index in [9.17, 15) is 4.57 Å². The summed E-state index contributed by atoms with van der Waals surface area (Å²) in [5, 5.41) is 0.932. The monoisotopic (exact) mass is 216 g/mol. The summed E-state index contributed by atoms with van der Waals surface area (Å²) in [5.74, 6) is 0. The van der Waals surface area contributed by atoms with E-state index in [1.54, 1.807) is 6.66 Å². The van der Waals surface area contributed by atoms with E-state index in [1.165, 1.54) is 5.57 Å². The summed E-state index contributed by atoms with van der Waals surface area (Å²) in [6.07, 6.45) is 0. The van der Waals surface area contributed by atoms with Gasteiger partial charge in [-0.15, -0.1) is 0 Å². The van der Waals surface area contributed by atoms with Gasteiger partial charge in [-0.1, -0.05) is 19.4 Å². The van der Waals surface area contributed by atoms with Gasteiger partial charge in [-0.2, -0.15) is 0 Å². The van der Waals surface area contributed by atoms with E-state index in [4.69, 9.17) is 4.52 Å². The Morgan fingerprint density at radius 1 is 1.14 bits per heavy atom. The van der Waals surface area contributed by atoms with Crippen molar-refractivity contribution in [2.45, 2.75) is 47.1 Å². The van der Waals surface area contributed by atoms with E-state index < -0.39 is 7.37 Å². The van der Waals surface area contributed by atoms with Gasteiger partial charge in [0, 0.05) is 17.4 Å². The second-order valence-corrected chi connectivity index (χ2v) is 7.83. The van der Waals surface area contributed by atoms with Crippen LogP contribution in [-0.4, -0.2) is 12.3 Å². The van der Waals surface area contributed by atoms with E-state index in [-0.39, 0.29) is 11.0 Å². The van der Waals surface area contributed by atoms with Crippen LogP contribution < -0.4 is 0 Å². The molecule has 0 saturated heterocycles. The van der Waals surface area contributed by atoms with E-state index in [0.29, 0.717) is 0 Å². The Labute approximate surface area is 87.2 Å². The molecule has 0 spiro atoms. The SMILES string of the molecule is CC1=C(C)P(C)(=O)OC(C)(C)C1(C)C. The summed E-state index contributed by atoms with van der Waals surface area (Å²) in [7, 11) is -2.56. The van der Waals surface area contributed by atoms with Crippen molar-refractivity contribution in [2.24, 2.45) is 5.41 Å². The van der Waals surface area contributed by atoms with Gasteiger partial charge in [0.05, 0.1) is 5.60 Å². The fourth-order valence-corrected chi connectivity index (χ4v) is 3.95. The molecule has 0 aromatic carbocycles. The predicted octanol–water partition coefficient (Wildman–Crippen LogP) is 4.02. The molecule has 2 nitrogen and oxygen atoms in total. The molecule has 1 heterocycles. The zero-order chi connectivity index (χ0) is 11.4. The lowest BCUT2D eigenvalue weighted by molar-refractivity contribution is 0.00900. The van der Waals surface area contributed by atoms with Crippen LogP contribution in [0.2, 0.25) is 0 Å². The van der Waals surface area contributed by atoms with E-state index in [0.717, 1.165) is 5.31 Å². The molecule has 0 aliphatic carbocycles. The molecule has 1 atom stereocenters. The summed E-state index contributed by atoms with van der Waals surface area (Å²) in [4.78, 5) is 0. The van der Waals surface area contributed by atoms with Crippen LogP contribution in [0.4, 0.5) is 0 Å². The van der Waals surface area contributed by atoms with Crippen molar-refractivity contribution in [2.75, 3.05) is 6.66 Å². The van der Waals surface area contributed by atoms with Gasteiger partial charge in [0.25, 0.3) is 0 Å². The van der Waals surface area contributed by atoms with Gasteiger partial charge in [-0.25, -0.2) is 0 Å². The van der Waals surface area contributed by atoms with E-state index in [1.807, 2.05) is 20.8 Å². The first-order valence-electron chi connectivity index (χ1n) is 4.99. The van der Waals surface area contributed by atoms with E-state index >= 15 is 0 Å². The fraction of sp³-hybridized carbons (Fsp3) is 0.818. The second-order valence-electron chi connectivity index (χ2n) is 5.28. The molecule has 0 saturated carbocycles.